The van der Waals surface area contributed by atoms with Gasteiger partial charge in [0.2, 0.25) is 65.0 Å². The SMILES string of the molecule is C=C1C(=O)N(C)[C@@H](CC(C)(C)O)C(=O)N[C@H](C(C)C)C(=O)N(C)[C@H](CC(C)C)C(=O)N[C@H](C)C(=O)N[C@@H](C)C(=O)N(C)[C@H](CC(C)C)C(=O)N(C)[C@H](CC(C)C)C(=O)N(C)[C@H](C(C)C)C(=O)N(C)[C@@H]([C@H](O)[C@H](C)CCCCCCNC(C)=O)C(=O)N[C@H](CC)C(=O)N1C. The van der Waals surface area contributed by atoms with Crippen LogP contribution >= 0.6 is 0 Å². The van der Waals surface area contributed by atoms with E-state index in [1.165, 1.54) is 104 Å². The summed E-state index contributed by atoms with van der Waals surface area (Å²) in [4.78, 5) is 181. The van der Waals surface area contributed by atoms with Gasteiger partial charge in [-0.25, -0.2) is 0 Å². The summed E-state index contributed by atoms with van der Waals surface area (Å²) in [7, 11) is 9.50. The quantitative estimate of drug-likeness (QED) is 0.0681. The number of rotatable bonds is 20. The highest BCUT2D eigenvalue weighted by Gasteiger charge is 2.46. The minimum absolute atomic E-state index is 0.0758. The van der Waals surface area contributed by atoms with Crippen LogP contribution in [0.2, 0.25) is 0 Å². The van der Waals surface area contributed by atoms with Gasteiger partial charge >= 0.3 is 0 Å². The van der Waals surface area contributed by atoms with Crippen LogP contribution in [-0.4, -0.2) is 243 Å². The molecule has 0 unspecified atom stereocenters. The molecule has 26 heteroatoms. The van der Waals surface area contributed by atoms with Gasteiger partial charge in [-0.3, -0.25) is 57.5 Å². The van der Waals surface area contributed by atoms with Crippen LogP contribution in [-0.2, 0) is 57.5 Å². The van der Waals surface area contributed by atoms with Gasteiger partial charge in [-0.2, -0.15) is 0 Å². The molecule has 0 aliphatic carbocycles. The van der Waals surface area contributed by atoms with E-state index >= 15 is 19.2 Å². The molecular formula is C67H120N12O14. The Labute approximate surface area is 555 Å². The van der Waals surface area contributed by atoms with E-state index in [0.29, 0.717) is 25.8 Å². The van der Waals surface area contributed by atoms with Crippen LogP contribution in [0.5, 0.6) is 0 Å². The maximum Gasteiger partial charge on any atom is 0.270 e. The summed E-state index contributed by atoms with van der Waals surface area (Å²) in [6, 6.07) is -13.3. The standard InChI is InChI=1S/C67H120N12O14/c1-26-47-62(88)73(19)45(15)61(87)77(23)51(36-67(17,18)93)58(84)72-52(40(8)9)65(91)74(20)48(33-37(2)3)57(83)69-43(13)56(82)70-44(14)60(86)75(21)49(34-38(4)5)63(89)76(22)50(35-39(6)7)64(90)78(24)53(41(10)11)66(92)79(25)54(59(85)71-47)55(81)42(12)31-29-27-28-30-32-68-46(16)80/h37-44,47-55,81,93H,15,26-36H2,1-14,16-25H3,(H,68,80)(H,69,83)(H,70,82)(H,71,85)(H,72,84)/t42-,43-,44+,47-,48-,49-,50-,51+,52-,53-,54+,55-/m1/s1. The number of likely N-dealkylation sites (N-methyl/N-ethyl adjacent to an activating group) is 7. The zero-order valence-corrected chi connectivity index (χ0v) is 60.7. The summed E-state index contributed by atoms with van der Waals surface area (Å²) in [6.07, 6.45) is 1.53. The van der Waals surface area contributed by atoms with E-state index < -0.39 is 161 Å². The van der Waals surface area contributed by atoms with Crippen molar-refractivity contribution in [2.75, 3.05) is 55.9 Å². The fourth-order valence-electron chi connectivity index (χ4n) is 11.6. The third kappa shape index (κ3) is 24.9. The van der Waals surface area contributed by atoms with Crippen molar-refractivity contribution in [2.45, 2.75) is 254 Å². The van der Waals surface area contributed by atoms with E-state index in [9.17, 15) is 48.6 Å². The zero-order chi connectivity index (χ0) is 72.2. The van der Waals surface area contributed by atoms with Crippen LogP contribution in [0.25, 0.3) is 0 Å². The number of amides is 12. The number of aliphatic hydroxyl groups is 2. The lowest BCUT2D eigenvalue weighted by Gasteiger charge is -2.41. The normalized spacial score (nSPS) is 25.6. The van der Waals surface area contributed by atoms with Gasteiger partial charge < -0.3 is 71.1 Å². The molecule has 12 amide bonds. The summed E-state index contributed by atoms with van der Waals surface area (Å²) >= 11 is 0. The number of hydrogen-bond donors (Lipinski definition) is 7. The Balaban J connectivity index is 4.40. The predicted molar refractivity (Wildman–Crippen MR) is 357 cm³/mol. The van der Waals surface area contributed by atoms with Crippen LogP contribution in [0, 0.1) is 35.5 Å². The molecule has 1 saturated heterocycles. The first-order valence-corrected chi connectivity index (χ1v) is 33.2. The Morgan fingerprint density at radius 2 is 0.978 bits per heavy atom. The van der Waals surface area contributed by atoms with E-state index in [0.717, 1.165) is 27.5 Å². The number of carbonyl (C=O) groups is 12. The van der Waals surface area contributed by atoms with Crippen molar-refractivity contribution < 1.29 is 67.7 Å². The lowest BCUT2D eigenvalue weighted by Crippen LogP contribution is -2.63. The summed E-state index contributed by atoms with van der Waals surface area (Å²) in [5.74, 6) is -11.1. The molecule has 1 aliphatic rings. The molecule has 26 nitrogen and oxygen atoms in total. The molecular weight excluding hydrogens is 1200 g/mol. The summed E-state index contributed by atoms with van der Waals surface area (Å²) in [6.45, 7) is 32.7. The molecule has 0 spiro atoms. The molecule has 0 aromatic heterocycles. The molecule has 1 aliphatic heterocycles. The molecule has 1 rings (SSSR count). The topological polar surface area (TPSA) is 328 Å². The second kappa shape index (κ2) is 38.0. The molecule has 7 N–H and O–H groups in total. The lowest BCUT2D eigenvalue weighted by atomic mass is 9.90. The second-order valence-corrected chi connectivity index (χ2v) is 28.4. The molecule has 0 aromatic carbocycles. The van der Waals surface area contributed by atoms with Crippen molar-refractivity contribution >= 4 is 70.9 Å². The van der Waals surface area contributed by atoms with Crippen LogP contribution in [0.3, 0.4) is 0 Å². The van der Waals surface area contributed by atoms with Gasteiger partial charge in [0, 0.05) is 69.2 Å². The zero-order valence-electron chi connectivity index (χ0n) is 60.7. The van der Waals surface area contributed by atoms with Crippen LogP contribution in [0.1, 0.15) is 182 Å². The highest BCUT2D eigenvalue weighted by atomic mass is 16.3. The number of nitrogens with zero attached hydrogens (tertiary/aromatic N) is 7. The Kier molecular flexibility index (Phi) is 34.5. The molecule has 0 aromatic rings. The summed E-state index contributed by atoms with van der Waals surface area (Å²) in [5.41, 5.74) is -2.06. The Hall–Kier alpha value is -6.70. The molecule has 532 valence electrons. The fourth-order valence-corrected chi connectivity index (χ4v) is 11.6. The van der Waals surface area contributed by atoms with Gasteiger partial charge in [0.05, 0.1) is 11.7 Å². The van der Waals surface area contributed by atoms with Gasteiger partial charge in [-0.05, 0) is 102 Å². The van der Waals surface area contributed by atoms with Crippen molar-refractivity contribution in [3.8, 4) is 0 Å². The maximum absolute atomic E-state index is 15.3. The average Bonchev–Trinajstić information content (AvgIpc) is 0.873. The monoisotopic (exact) mass is 1320 g/mol. The average molecular weight is 1320 g/mol. The number of nitrogens with one attached hydrogen (secondary N) is 5. The lowest BCUT2D eigenvalue weighted by molar-refractivity contribution is -0.157. The highest BCUT2D eigenvalue weighted by Crippen LogP contribution is 2.27. The van der Waals surface area contributed by atoms with E-state index in [4.69, 9.17) is 0 Å². The summed E-state index contributed by atoms with van der Waals surface area (Å²) in [5, 5.41) is 37.1. The van der Waals surface area contributed by atoms with Crippen molar-refractivity contribution in [2.24, 2.45) is 35.5 Å². The van der Waals surface area contributed by atoms with Crippen molar-refractivity contribution in [1.82, 2.24) is 60.9 Å². The fraction of sp³-hybridized carbons (Fsp3) is 0.791. The molecule has 1 fully saturated rings. The molecule has 0 bridgehead atoms. The third-order valence-corrected chi connectivity index (χ3v) is 17.5. The van der Waals surface area contributed by atoms with E-state index in [1.807, 2.05) is 41.5 Å². The van der Waals surface area contributed by atoms with Gasteiger partial charge in [0.15, 0.2) is 0 Å². The van der Waals surface area contributed by atoms with Gasteiger partial charge in [-0.1, -0.05) is 109 Å². The Bertz CT molecular complexity index is 2590. The van der Waals surface area contributed by atoms with Gasteiger partial charge in [0.1, 0.15) is 66.1 Å². The van der Waals surface area contributed by atoms with Crippen LogP contribution in [0.15, 0.2) is 12.3 Å². The number of carbonyl (C=O) groups excluding carboxylic acids is 12. The molecule has 1 heterocycles. The number of aliphatic hydroxyl groups excluding tert-OH is 1. The molecule has 0 saturated carbocycles. The van der Waals surface area contributed by atoms with E-state index in [2.05, 4.69) is 33.2 Å². The first-order valence-electron chi connectivity index (χ1n) is 33.2. The van der Waals surface area contributed by atoms with Gasteiger partial charge in [0.25, 0.3) is 5.91 Å². The van der Waals surface area contributed by atoms with Crippen molar-refractivity contribution in [3.05, 3.63) is 12.3 Å². The first-order chi connectivity index (χ1) is 42.8. The molecule has 93 heavy (non-hydrogen) atoms. The second-order valence-electron chi connectivity index (χ2n) is 28.4. The Morgan fingerprint density at radius 1 is 0.527 bits per heavy atom. The van der Waals surface area contributed by atoms with E-state index in [1.54, 1.807) is 41.5 Å². The van der Waals surface area contributed by atoms with Crippen molar-refractivity contribution in [1.29, 1.82) is 0 Å². The summed E-state index contributed by atoms with van der Waals surface area (Å²) < 4.78 is 0. The Morgan fingerprint density at radius 3 is 1.45 bits per heavy atom. The predicted octanol–water partition coefficient (Wildman–Crippen LogP) is 3.02. The minimum atomic E-state index is -1.69. The van der Waals surface area contributed by atoms with E-state index in [-0.39, 0.29) is 55.8 Å². The van der Waals surface area contributed by atoms with Crippen LogP contribution in [0.4, 0.5) is 0 Å². The third-order valence-electron chi connectivity index (χ3n) is 17.5. The highest BCUT2D eigenvalue weighted by molar-refractivity contribution is 6.02. The molecule has 0 radical (unpaired) electrons. The van der Waals surface area contributed by atoms with Crippen molar-refractivity contribution in [3.63, 3.8) is 0 Å². The largest absolute Gasteiger partial charge is 0.390 e. The first kappa shape index (κ1) is 84.3. The minimum Gasteiger partial charge on any atom is -0.390 e. The maximum atomic E-state index is 15.3. The number of hydrogen-bond acceptors (Lipinski definition) is 14. The molecule has 12 atom stereocenters. The number of unbranched alkanes of at least 4 members (excludes halogenated alkanes) is 3. The van der Waals surface area contributed by atoms with Gasteiger partial charge in [-0.15, -0.1) is 0 Å². The smallest absolute Gasteiger partial charge is 0.270 e. The van der Waals surface area contributed by atoms with Crippen LogP contribution < -0.4 is 26.6 Å².